The van der Waals surface area contributed by atoms with Gasteiger partial charge in [-0.15, -0.1) is 0 Å². The molecule has 242 valence electrons. The largest absolute Gasteiger partial charge is 0.497 e. The van der Waals surface area contributed by atoms with Gasteiger partial charge in [-0.2, -0.15) is 0 Å². The molecule has 1 fully saturated rings. The van der Waals surface area contributed by atoms with Crippen molar-refractivity contribution in [1.29, 1.82) is 0 Å². The molecule has 3 heterocycles. The van der Waals surface area contributed by atoms with Gasteiger partial charge in [0.2, 0.25) is 0 Å². The summed E-state index contributed by atoms with van der Waals surface area (Å²) in [6.07, 6.45) is -1.58. The Labute approximate surface area is 276 Å². The van der Waals surface area contributed by atoms with Crippen molar-refractivity contribution >= 4 is 22.9 Å². The summed E-state index contributed by atoms with van der Waals surface area (Å²) in [5.74, 6) is 0.600. The molecular weight excluding hydrogens is 608 g/mol. The summed E-state index contributed by atoms with van der Waals surface area (Å²) in [7, 11) is 1.63. The number of amides is 1. The third kappa shape index (κ3) is 5.69. The average molecular weight is 643 g/mol. The number of fused-ring (bicyclic) bond motifs is 1. The van der Waals surface area contributed by atoms with Gasteiger partial charge in [0.15, 0.2) is 23.2 Å². The van der Waals surface area contributed by atoms with Gasteiger partial charge in [-0.25, -0.2) is 15.0 Å². The molecule has 7 rings (SSSR count). The van der Waals surface area contributed by atoms with Crippen LogP contribution in [0.25, 0.3) is 11.2 Å². The predicted molar refractivity (Wildman–Crippen MR) is 179 cm³/mol. The lowest BCUT2D eigenvalue weighted by Gasteiger charge is -2.38. The molecule has 1 saturated heterocycles. The SMILES string of the molecule is COc1ccc(C(NC[C@H]2O[C@@H](n3cnc4c(NC(=O)c5ccccc5)ncnc43)C(O)[C@H]2O)(c2ccccc2)c2ccccc2)cc1. The Morgan fingerprint density at radius 1 is 0.812 bits per heavy atom. The number of rotatable bonds is 10. The molecule has 4 N–H and O–H groups in total. The van der Waals surface area contributed by atoms with Crippen molar-refractivity contribution < 1.29 is 24.5 Å². The Balaban J connectivity index is 1.19. The Hall–Kier alpha value is -5.46. The normalized spacial score (nSPS) is 19.3. The van der Waals surface area contributed by atoms with E-state index in [1.807, 2.05) is 66.7 Å². The number of aliphatic hydroxyl groups is 2. The zero-order valence-electron chi connectivity index (χ0n) is 26.0. The molecule has 6 aromatic rings. The lowest BCUT2D eigenvalue weighted by atomic mass is 9.76. The molecular formula is C37H34N6O5. The number of ether oxygens (including phenoxy) is 2. The van der Waals surface area contributed by atoms with E-state index in [2.05, 4.69) is 49.9 Å². The Morgan fingerprint density at radius 3 is 2.04 bits per heavy atom. The number of aromatic nitrogens is 4. The minimum atomic E-state index is -1.30. The second kappa shape index (κ2) is 13.3. The van der Waals surface area contributed by atoms with E-state index < -0.39 is 30.1 Å². The number of carbonyl (C=O) groups excluding carboxylic acids is 1. The van der Waals surface area contributed by atoms with Crippen LogP contribution in [0.15, 0.2) is 128 Å². The number of hydrogen-bond donors (Lipinski definition) is 4. The van der Waals surface area contributed by atoms with Crippen LogP contribution in [0.2, 0.25) is 0 Å². The van der Waals surface area contributed by atoms with E-state index in [0.717, 1.165) is 22.4 Å². The van der Waals surface area contributed by atoms with Crippen molar-refractivity contribution in [2.75, 3.05) is 19.0 Å². The van der Waals surface area contributed by atoms with E-state index in [9.17, 15) is 15.0 Å². The molecule has 4 atom stereocenters. The zero-order valence-corrected chi connectivity index (χ0v) is 26.0. The van der Waals surface area contributed by atoms with Crippen molar-refractivity contribution in [2.24, 2.45) is 0 Å². The van der Waals surface area contributed by atoms with E-state index in [1.54, 1.807) is 35.9 Å². The molecule has 0 radical (unpaired) electrons. The lowest BCUT2D eigenvalue weighted by molar-refractivity contribution is -0.0351. The summed E-state index contributed by atoms with van der Waals surface area (Å²) in [6.45, 7) is 0.171. The van der Waals surface area contributed by atoms with Gasteiger partial charge in [0, 0.05) is 12.1 Å². The Bertz CT molecular complexity index is 1950. The fraction of sp³-hybridized carbons (Fsp3) is 0.189. The topological polar surface area (TPSA) is 144 Å². The summed E-state index contributed by atoms with van der Waals surface area (Å²) in [5.41, 5.74) is 3.18. The number of methoxy groups -OCH3 is 1. The van der Waals surface area contributed by atoms with E-state index in [-0.39, 0.29) is 18.3 Å². The highest BCUT2D eigenvalue weighted by molar-refractivity contribution is 6.06. The average Bonchev–Trinajstić information content (AvgIpc) is 3.70. The highest BCUT2D eigenvalue weighted by atomic mass is 16.6. The molecule has 0 spiro atoms. The molecule has 48 heavy (non-hydrogen) atoms. The molecule has 1 aliphatic rings. The van der Waals surface area contributed by atoms with Gasteiger partial charge in [0.1, 0.15) is 30.4 Å². The van der Waals surface area contributed by atoms with Gasteiger partial charge in [-0.05, 0) is 41.0 Å². The summed E-state index contributed by atoms with van der Waals surface area (Å²) >= 11 is 0. The summed E-state index contributed by atoms with van der Waals surface area (Å²) in [4.78, 5) is 25.9. The number of nitrogens with zero attached hydrogens (tertiary/aromatic N) is 4. The van der Waals surface area contributed by atoms with E-state index in [4.69, 9.17) is 9.47 Å². The third-order valence-corrected chi connectivity index (χ3v) is 8.74. The standard InChI is InChI=1S/C37H34N6O5/c1-47-28-19-17-27(18-20-28)37(25-13-7-3-8-14-25,26-15-9-4-10-16-26)41-21-29-31(44)32(45)36(48-29)43-23-40-30-33(38-22-39-34(30)43)42-35(46)24-11-5-2-6-12-24/h2-20,22-23,29,31-32,36,41,44-45H,21H2,1H3,(H,38,39,42,46)/t29-,31+,32?,36-/m1/s1. The number of carbonyl (C=O) groups is 1. The van der Waals surface area contributed by atoms with Gasteiger partial charge >= 0.3 is 0 Å². The van der Waals surface area contributed by atoms with Crippen LogP contribution in [0.5, 0.6) is 5.75 Å². The van der Waals surface area contributed by atoms with E-state index >= 15 is 0 Å². The highest BCUT2D eigenvalue weighted by Crippen LogP contribution is 2.39. The van der Waals surface area contributed by atoms with Crippen LogP contribution in [-0.4, -0.2) is 67.6 Å². The molecule has 11 heteroatoms. The van der Waals surface area contributed by atoms with E-state index in [0.29, 0.717) is 16.7 Å². The maximum absolute atomic E-state index is 12.8. The predicted octanol–water partition coefficient (Wildman–Crippen LogP) is 4.29. The molecule has 4 aromatic carbocycles. The van der Waals surface area contributed by atoms with Gasteiger partial charge in [0.05, 0.1) is 19.0 Å². The molecule has 2 aromatic heterocycles. The summed E-state index contributed by atoms with van der Waals surface area (Å²) in [6, 6.07) is 36.7. The van der Waals surface area contributed by atoms with Crippen LogP contribution in [0.1, 0.15) is 33.3 Å². The molecule has 0 aliphatic carbocycles. The molecule has 0 bridgehead atoms. The van der Waals surface area contributed by atoms with Crippen LogP contribution in [0, 0.1) is 0 Å². The number of anilines is 1. The Morgan fingerprint density at radius 2 is 1.42 bits per heavy atom. The molecule has 1 unspecified atom stereocenters. The maximum atomic E-state index is 12.8. The van der Waals surface area contributed by atoms with Crippen LogP contribution in [0.4, 0.5) is 5.82 Å². The monoisotopic (exact) mass is 642 g/mol. The van der Waals surface area contributed by atoms with Crippen LogP contribution >= 0.6 is 0 Å². The zero-order chi connectivity index (χ0) is 33.1. The third-order valence-electron chi connectivity index (χ3n) is 8.74. The quantitative estimate of drug-likeness (QED) is 0.161. The fourth-order valence-electron chi connectivity index (χ4n) is 6.30. The van der Waals surface area contributed by atoms with Crippen molar-refractivity contribution in [3.05, 3.63) is 150 Å². The number of imidazole rings is 1. The van der Waals surface area contributed by atoms with Crippen LogP contribution in [-0.2, 0) is 10.3 Å². The first-order chi connectivity index (χ1) is 23.5. The summed E-state index contributed by atoms with van der Waals surface area (Å²) in [5, 5.41) is 29.1. The summed E-state index contributed by atoms with van der Waals surface area (Å²) < 4.78 is 13.4. The van der Waals surface area contributed by atoms with Crippen molar-refractivity contribution in [3.8, 4) is 5.75 Å². The first-order valence-electron chi connectivity index (χ1n) is 15.6. The maximum Gasteiger partial charge on any atom is 0.256 e. The van der Waals surface area contributed by atoms with Crippen molar-refractivity contribution in [1.82, 2.24) is 24.8 Å². The lowest BCUT2D eigenvalue weighted by Crippen LogP contribution is -2.49. The molecule has 0 saturated carbocycles. The minimum absolute atomic E-state index is 0.171. The molecule has 11 nitrogen and oxygen atoms in total. The van der Waals surface area contributed by atoms with Gasteiger partial charge < -0.3 is 25.0 Å². The molecule has 1 amide bonds. The van der Waals surface area contributed by atoms with Gasteiger partial charge in [-0.3, -0.25) is 14.7 Å². The fourth-order valence-corrected chi connectivity index (χ4v) is 6.30. The minimum Gasteiger partial charge on any atom is -0.497 e. The number of aliphatic hydroxyl groups excluding tert-OH is 2. The van der Waals surface area contributed by atoms with E-state index in [1.165, 1.54) is 12.7 Å². The van der Waals surface area contributed by atoms with Gasteiger partial charge in [-0.1, -0.05) is 91.0 Å². The van der Waals surface area contributed by atoms with Crippen molar-refractivity contribution in [3.63, 3.8) is 0 Å². The van der Waals surface area contributed by atoms with Crippen LogP contribution < -0.4 is 15.4 Å². The smallest absolute Gasteiger partial charge is 0.256 e. The second-order valence-corrected chi connectivity index (χ2v) is 11.5. The number of benzene rings is 4. The number of hydrogen-bond acceptors (Lipinski definition) is 9. The molecule has 1 aliphatic heterocycles. The first-order valence-corrected chi connectivity index (χ1v) is 15.6. The number of nitrogens with one attached hydrogen (secondary N) is 2. The first kappa shape index (κ1) is 31.2. The van der Waals surface area contributed by atoms with Crippen molar-refractivity contribution in [2.45, 2.75) is 30.1 Å². The Kier molecular flexibility index (Phi) is 8.66. The highest BCUT2D eigenvalue weighted by Gasteiger charge is 2.46. The van der Waals surface area contributed by atoms with Crippen LogP contribution in [0.3, 0.4) is 0 Å². The van der Waals surface area contributed by atoms with Gasteiger partial charge in [0.25, 0.3) is 5.91 Å². The second-order valence-electron chi connectivity index (χ2n) is 11.5.